The number of phenols is 1. The SMILES string of the molecule is C=Nc1c(N)c(C)c(NC)c(C(N)=NC)c1O. The molecule has 0 saturated carbocycles. The number of anilines is 2. The summed E-state index contributed by atoms with van der Waals surface area (Å²) >= 11 is 0. The molecule has 0 aromatic heterocycles. The number of nitrogen functional groups attached to an aromatic ring is 1. The summed E-state index contributed by atoms with van der Waals surface area (Å²) in [5.41, 5.74) is 14.0. The van der Waals surface area contributed by atoms with Crippen molar-refractivity contribution >= 4 is 29.6 Å². The lowest BCUT2D eigenvalue weighted by Crippen LogP contribution is -2.17. The number of aliphatic imine (C=N–C) groups is 2. The number of aromatic hydroxyl groups is 1. The van der Waals surface area contributed by atoms with E-state index in [4.69, 9.17) is 11.5 Å². The predicted molar refractivity (Wildman–Crippen MR) is 72.7 cm³/mol. The molecule has 0 atom stereocenters. The Labute approximate surface area is 100 Å². The highest BCUT2D eigenvalue weighted by molar-refractivity contribution is 6.08. The average molecular weight is 235 g/mol. The van der Waals surface area contributed by atoms with Gasteiger partial charge in [-0.05, 0) is 19.2 Å². The topological polar surface area (TPSA) is 109 Å². The molecule has 0 aliphatic carbocycles. The molecule has 1 aromatic rings. The second-order valence-electron chi connectivity index (χ2n) is 3.50. The molecular weight excluding hydrogens is 218 g/mol. The Balaban J connectivity index is 3.79. The molecule has 0 unspecified atom stereocenters. The molecule has 0 saturated heterocycles. The van der Waals surface area contributed by atoms with Gasteiger partial charge in [0, 0.05) is 14.1 Å². The standard InChI is InChI=1S/C11H17N5O/c1-5-7(12)9(15-3)10(17)6(8(5)14-2)11(13)16-4/h14,17H,3,12H2,1-2,4H3,(H2,13,16). The average Bonchev–Trinajstić information content (AvgIpc) is 2.33. The lowest BCUT2D eigenvalue weighted by Gasteiger charge is -2.17. The van der Waals surface area contributed by atoms with Gasteiger partial charge in [0.05, 0.1) is 16.9 Å². The van der Waals surface area contributed by atoms with Crippen LogP contribution in [0.1, 0.15) is 11.1 Å². The molecule has 0 radical (unpaired) electrons. The molecule has 0 aliphatic heterocycles. The Morgan fingerprint density at radius 2 is 2.06 bits per heavy atom. The van der Waals surface area contributed by atoms with Crippen molar-refractivity contribution in [3.63, 3.8) is 0 Å². The van der Waals surface area contributed by atoms with E-state index in [1.54, 1.807) is 14.1 Å². The first-order valence-electron chi connectivity index (χ1n) is 5.01. The highest BCUT2D eigenvalue weighted by Gasteiger charge is 2.21. The third-order valence-electron chi connectivity index (χ3n) is 2.65. The first kappa shape index (κ1) is 12.8. The van der Waals surface area contributed by atoms with Crippen LogP contribution >= 0.6 is 0 Å². The summed E-state index contributed by atoms with van der Waals surface area (Å²) in [6.07, 6.45) is 0. The molecule has 0 bridgehead atoms. The summed E-state index contributed by atoms with van der Waals surface area (Å²) in [6.45, 7) is 5.19. The minimum Gasteiger partial charge on any atom is -0.505 e. The predicted octanol–water partition coefficient (Wildman–Crippen LogP) is 0.992. The molecule has 0 fully saturated rings. The van der Waals surface area contributed by atoms with Gasteiger partial charge in [0.25, 0.3) is 0 Å². The van der Waals surface area contributed by atoms with Crippen molar-refractivity contribution in [3.05, 3.63) is 11.1 Å². The Morgan fingerprint density at radius 3 is 2.47 bits per heavy atom. The molecule has 17 heavy (non-hydrogen) atoms. The monoisotopic (exact) mass is 235 g/mol. The van der Waals surface area contributed by atoms with E-state index in [1.807, 2.05) is 6.92 Å². The number of phenolic OH excluding ortho intramolecular Hbond substituents is 1. The number of hydrogen-bond donors (Lipinski definition) is 4. The number of nitrogens with one attached hydrogen (secondary N) is 1. The van der Waals surface area contributed by atoms with Crippen molar-refractivity contribution in [1.82, 2.24) is 0 Å². The molecule has 0 spiro atoms. The summed E-state index contributed by atoms with van der Waals surface area (Å²) in [5, 5.41) is 13.0. The molecule has 0 amide bonds. The Kier molecular flexibility index (Phi) is 3.57. The number of nitrogens with zero attached hydrogens (tertiary/aromatic N) is 2. The van der Waals surface area contributed by atoms with Crippen LogP contribution in [0, 0.1) is 6.92 Å². The summed E-state index contributed by atoms with van der Waals surface area (Å²) in [7, 11) is 3.26. The Bertz CT molecular complexity index is 493. The molecule has 6 heteroatoms. The lowest BCUT2D eigenvalue weighted by molar-refractivity contribution is 0.476. The lowest BCUT2D eigenvalue weighted by atomic mass is 10.0. The first-order valence-corrected chi connectivity index (χ1v) is 5.01. The van der Waals surface area contributed by atoms with Gasteiger partial charge < -0.3 is 21.9 Å². The van der Waals surface area contributed by atoms with Crippen LogP contribution in [0.15, 0.2) is 9.98 Å². The number of nitrogens with two attached hydrogens (primary N) is 2. The van der Waals surface area contributed by atoms with E-state index in [2.05, 4.69) is 22.0 Å². The van der Waals surface area contributed by atoms with Crippen molar-refractivity contribution < 1.29 is 5.11 Å². The van der Waals surface area contributed by atoms with Crippen molar-refractivity contribution in [2.75, 3.05) is 25.1 Å². The minimum absolute atomic E-state index is 0.115. The third-order valence-corrected chi connectivity index (χ3v) is 2.65. The molecule has 0 heterocycles. The fourth-order valence-electron chi connectivity index (χ4n) is 1.70. The first-order chi connectivity index (χ1) is 7.99. The van der Waals surface area contributed by atoms with Crippen LogP contribution < -0.4 is 16.8 Å². The fourth-order valence-corrected chi connectivity index (χ4v) is 1.70. The van der Waals surface area contributed by atoms with E-state index >= 15 is 0 Å². The smallest absolute Gasteiger partial charge is 0.156 e. The molecule has 0 aliphatic rings. The van der Waals surface area contributed by atoms with Gasteiger partial charge in [-0.1, -0.05) is 0 Å². The number of benzene rings is 1. The van der Waals surface area contributed by atoms with Gasteiger partial charge in [0.15, 0.2) is 5.75 Å². The third kappa shape index (κ3) is 1.89. The normalized spacial score (nSPS) is 11.4. The number of rotatable bonds is 3. The van der Waals surface area contributed by atoms with Crippen LogP contribution in [0.5, 0.6) is 5.75 Å². The van der Waals surface area contributed by atoms with Crippen LogP contribution in [-0.2, 0) is 0 Å². The zero-order chi connectivity index (χ0) is 13.2. The fraction of sp³-hybridized carbons (Fsp3) is 0.273. The largest absolute Gasteiger partial charge is 0.505 e. The molecule has 1 aromatic carbocycles. The summed E-state index contributed by atoms with van der Waals surface area (Å²) in [4.78, 5) is 7.59. The Morgan fingerprint density at radius 1 is 1.47 bits per heavy atom. The van der Waals surface area contributed by atoms with Gasteiger partial charge in [-0.2, -0.15) is 0 Å². The van der Waals surface area contributed by atoms with Crippen LogP contribution in [0.2, 0.25) is 0 Å². The molecule has 1 rings (SSSR count). The van der Waals surface area contributed by atoms with Crippen LogP contribution in [0.25, 0.3) is 0 Å². The summed E-state index contributed by atoms with van der Waals surface area (Å²) < 4.78 is 0. The molecule has 6 N–H and O–H groups in total. The van der Waals surface area contributed by atoms with Crippen LogP contribution in [-0.4, -0.2) is 31.8 Å². The van der Waals surface area contributed by atoms with Gasteiger partial charge >= 0.3 is 0 Å². The van der Waals surface area contributed by atoms with E-state index in [1.165, 1.54) is 0 Å². The quantitative estimate of drug-likeness (QED) is 0.356. The molecular formula is C11H17N5O. The number of hydrogen-bond acceptors (Lipinski definition) is 5. The second-order valence-corrected chi connectivity index (χ2v) is 3.50. The minimum atomic E-state index is -0.115. The second kappa shape index (κ2) is 4.73. The maximum Gasteiger partial charge on any atom is 0.156 e. The number of amidine groups is 1. The molecule has 6 nitrogen and oxygen atoms in total. The van der Waals surface area contributed by atoms with E-state index in [0.717, 1.165) is 5.56 Å². The zero-order valence-corrected chi connectivity index (χ0v) is 10.2. The maximum absolute atomic E-state index is 10.1. The van der Waals surface area contributed by atoms with Crippen LogP contribution in [0.4, 0.5) is 17.1 Å². The van der Waals surface area contributed by atoms with E-state index in [-0.39, 0.29) is 17.3 Å². The Hall–Kier alpha value is -2.24. The summed E-state index contributed by atoms with van der Waals surface area (Å²) in [5.74, 6) is 0.0930. The van der Waals surface area contributed by atoms with Gasteiger partial charge in [-0.3, -0.25) is 9.98 Å². The highest BCUT2D eigenvalue weighted by atomic mass is 16.3. The zero-order valence-electron chi connectivity index (χ0n) is 10.2. The van der Waals surface area contributed by atoms with Gasteiger partial charge in [-0.15, -0.1) is 0 Å². The molecule has 92 valence electrons. The summed E-state index contributed by atoms with van der Waals surface area (Å²) in [6, 6.07) is 0. The van der Waals surface area contributed by atoms with E-state index < -0.39 is 0 Å². The van der Waals surface area contributed by atoms with E-state index in [0.29, 0.717) is 16.9 Å². The maximum atomic E-state index is 10.1. The van der Waals surface area contributed by atoms with Crippen LogP contribution in [0.3, 0.4) is 0 Å². The van der Waals surface area contributed by atoms with E-state index in [9.17, 15) is 5.11 Å². The van der Waals surface area contributed by atoms with Crippen molar-refractivity contribution in [2.45, 2.75) is 6.92 Å². The van der Waals surface area contributed by atoms with Gasteiger partial charge in [0.1, 0.15) is 11.5 Å². The highest BCUT2D eigenvalue weighted by Crippen LogP contribution is 2.43. The van der Waals surface area contributed by atoms with Crippen molar-refractivity contribution in [2.24, 2.45) is 15.7 Å². The van der Waals surface area contributed by atoms with Gasteiger partial charge in [0.2, 0.25) is 0 Å². The van der Waals surface area contributed by atoms with Crippen molar-refractivity contribution in [1.29, 1.82) is 0 Å². The van der Waals surface area contributed by atoms with Crippen molar-refractivity contribution in [3.8, 4) is 5.75 Å². The van der Waals surface area contributed by atoms with Gasteiger partial charge in [-0.25, -0.2) is 0 Å².